The van der Waals surface area contributed by atoms with Crippen LogP contribution in [0.4, 0.5) is 0 Å². The van der Waals surface area contributed by atoms with Gasteiger partial charge in [-0.15, -0.1) is 10.2 Å². The molecule has 23 heavy (non-hydrogen) atoms. The average Bonchev–Trinajstić information content (AvgIpc) is 3.13. The zero-order valence-corrected chi connectivity index (χ0v) is 14.8. The summed E-state index contributed by atoms with van der Waals surface area (Å²) >= 11 is 0. The topological polar surface area (TPSA) is 76.4 Å². The number of aromatic nitrogens is 3. The Morgan fingerprint density at radius 2 is 2.17 bits per heavy atom. The minimum Gasteiger partial charge on any atom is -0.378 e. The Labute approximate surface area is 138 Å². The van der Waals surface area contributed by atoms with Gasteiger partial charge in [0.15, 0.2) is 11.8 Å². The summed E-state index contributed by atoms with van der Waals surface area (Å²) < 4.78 is 7.96. The maximum Gasteiger partial charge on any atom is 0.191 e. The van der Waals surface area contributed by atoms with Gasteiger partial charge in [0.25, 0.3) is 0 Å². The summed E-state index contributed by atoms with van der Waals surface area (Å²) in [5.41, 5.74) is 0. The van der Waals surface area contributed by atoms with Gasteiger partial charge in [0.1, 0.15) is 5.82 Å². The molecule has 2 rings (SSSR count). The van der Waals surface area contributed by atoms with E-state index in [1.165, 1.54) is 6.42 Å². The van der Waals surface area contributed by atoms with E-state index in [2.05, 4.69) is 44.2 Å². The normalized spacial score (nSPS) is 15.8. The summed E-state index contributed by atoms with van der Waals surface area (Å²) in [6, 6.07) is 0. The first-order valence-corrected chi connectivity index (χ1v) is 8.62. The summed E-state index contributed by atoms with van der Waals surface area (Å²) in [4.78, 5) is 4.26. The maximum atomic E-state index is 5.77. The zero-order chi connectivity index (χ0) is 16.7. The first-order chi connectivity index (χ1) is 11.2. The number of nitrogens with one attached hydrogen (secondary N) is 2. The Hall–Kier alpha value is -1.63. The second kappa shape index (κ2) is 8.86. The molecular weight excluding hydrogens is 292 g/mol. The molecule has 0 spiro atoms. The van der Waals surface area contributed by atoms with Crippen LogP contribution in [0.25, 0.3) is 0 Å². The highest BCUT2D eigenvalue weighted by molar-refractivity contribution is 5.79. The summed E-state index contributed by atoms with van der Waals surface area (Å²) in [6.45, 7) is 9.69. The van der Waals surface area contributed by atoms with Crippen LogP contribution in [0.3, 0.4) is 0 Å². The summed E-state index contributed by atoms with van der Waals surface area (Å²) in [5.74, 6) is 3.39. The molecule has 1 aliphatic rings. The first kappa shape index (κ1) is 17.7. The van der Waals surface area contributed by atoms with Crippen LogP contribution in [0, 0.1) is 5.92 Å². The molecule has 2 N–H and O–H groups in total. The van der Waals surface area contributed by atoms with Crippen molar-refractivity contribution in [1.29, 1.82) is 0 Å². The molecule has 0 aliphatic carbocycles. The Morgan fingerprint density at radius 1 is 1.35 bits per heavy atom. The van der Waals surface area contributed by atoms with Crippen molar-refractivity contribution in [2.24, 2.45) is 10.9 Å². The molecule has 7 nitrogen and oxygen atoms in total. The molecule has 0 saturated carbocycles. The fraction of sp³-hybridized carbons (Fsp3) is 0.812. The van der Waals surface area contributed by atoms with Gasteiger partial charge in [0, 0.05) is 33.2 Å². The molecule has 1 unspecified atom stereocenters. The number of aliphatic imine (C=N–C) groups is 1. The van der Waals surface area contributed by atoms with Gasteiger partial charge in [-0.1, -0.05) is 13.8 Å². The zero-order valence-electron chi connectivity index (χ0n) is 14.8. The Bertz CT molecular complexity index is 511. The highest BCUT2D eigenvalue weighted by Crippen LogP contribution is 2.13. The number of rotatable bonds is 8. The van der Waals surface area contributed by atoms with Crippen molar-refractivity contribution in [2.75, 3.05) is 20.2 Å². The van der Waals surface area contributed by atoms with Crippen molar-refractivity contribution in [3.8, 4) is 0 Å². The molecule has 0 fully saturated rings. The van der Waals surface area contributed by atoms with Gasteiger partial charge in [-0.3, -0.25) is 4.99 Å². The van der Waals surface area contributed by atoms with Crippen LogP contribution in [-0.2, 0) is 24.2 Å². The van der Waals surface area contributed by atoms with E-state index in [4.69, 9.17) is 4.74 Å². The van der Waals surface area contributed by atoms with Crippen LogP contribution in [0.15, 0.2) is 4.99 Å². The smallest absolute Gasteiger partial charge is 0.191 e. The largest absolute Gasteiger partial charge is 0.378 e. The standard InChI is InChI=1S/C16H30N6O/c1-5-23-13(12(2)3)8-9-18-16(17-4)19-11-15-21-20-14-7-6-10-22(14)15/h12-13H,5-11H2,1-4H3,(H2,17,18,19). The Balaban J connectivity index is 1.75. The molecule has 0 aromatic carbocycles. The van der Waals surface area contributed by atoms with Crippen LogP contribution in [0.1, 0.15) is 45.3 Å². The summed E-state index contributed by atoms with van der Waals surface area (Å²) in [5, 5.41) is 15.1. The van der Waals surface area contributed by atoms with E-state index in [1.54, 1.807) is 7.05 Å². The lowest BCUT2D eigenvalue weighted by atomic mass is 10.0. The van der Waals surface area contributed by atoms with Crippen LogP contribution in [0.5, 0.6) is 0 Å². The predicted molar refractivity (Wildman–Crippen MR) is 91.4 cm³/mol. The van der Waals surface area contributed by atoms with Crippen LogP contribution < -0.4 is 10.6 Å². The average molecular weight is 322 g/mol. The lowest BCUT2D eigenvalue weighted by Gasteiger charge is -2.21. The summed E-state index contributed by atoms with van der Waals surface area (Å²) in [6.07, 6.45) is 3.45. The number of guanidine groups is 1. The molecule has 0 radical (unpaired) electrons. The van der Waals surface area contributed by atoms with E-state index < -0.39 is 0 Å². The van der Waals surface area contributed by atoms with Crippen LogP contribution in [0.2, 0.25) is 0 Å². The lowest BCUT2D eigenvalue weighted by molar-refractivity contribution is 0.0258. The molecule has 7 heteroatoms. The van der Waals surface area contributed by atoms with Gasteiger partial charge in [-0.05, 0) is 25.7 Å². The summed E-state index contributed by atoms with van der Waals surface area (Å²) in [7, 11) is 1.78. The number of hydrogen-bond donors (Lipinski definition) is 2. The molecule has 1 aromatic heterocycles. The maximum absolute atomic E-state index is 5.77. The molecule has 0 saturated heterocycles. The van der Waals surface area contributed by atoms with Crippen molar-refractivity contribution in [3.05, 3.63) is 11.6 Å². The molecule has 1 aliphatic heterocycles. The minimum atomic E-state index is 0.283. The van der Waals surface area contributed by atoms with Crippen molar-refractivity contribution in [2.45, 2.75) is 59.2 Å². The van der Waals surface area contributed by atoms with Crippen molar-refractivity contribution in [1.82, 2.24) is 25.4 Å². The fourth-order valence-electron chi connectivity index (χ4n) is 2.88. The number of nitrogens with zero attached hydrogens (tertiary/aromatic N) is 4. The van der Waals surface area contributed by atoms with Crippen molar-refractivity contribution >= 4 is 5.96 Å². The van der Waals surface area contributed by atoms with E-state index in [0.717, 1.165) is 50.1 Å². The fourth-order valence-corrected chi connectivity index (χ4v) is 2.88. The number of hydrogen-bond acceptors (Lipinski definition) is 4. The monoisotopic (exact) mass is 322 g/mol. The first-order valence-electron chi connectivity index (χ1n) is 8.62. The van der Waals surface area contributed by atoms with Gasteiger partial charge in [0.2, 0.25) is 0 Å². The molecule has 0 amide bonds. The SMILES string of the molecule is CCOC(CCNC(=NC)NCc1nnc2n1CCC2)C(C)C. The number of fused-ring (bicyclic) bond motifs is 1. The third kappa shape index (κ3) is 4.92. The van der Waals surface area contributed by atoms with Crippen LogP contribution in [-0.4, -0.2) is 47.0 Å². The highest BCUT2D eigenvalue weighted by Gasteiger charge is 2.17. The quantitative estimate of drug-likeness (QED) is 0.558. The van der Waals surface area contributed by atoms with E-state index in [-0.39, 0.29) is 6.10 Å². The second-order valence-electron chi connectivity index (χ2n) is 6.17. The van der Waals surface area contributed by atoms with Gasteiger partial charge >= 0.3 is 0 Å². The molecule has 2 heterocycles. The number of aryl methyl sites for hydroxylation is 1. The third-order valence-corrected chi connectivity index (χ3v) is 4.17. The molecule has 0 bridgehead atoms. The second-order valence-corrected chi connectivity index (χ2v) is 6.17. The van der Waals surface area contributed by atoms with E-state index in [0.29, 0.717) is 12.5 Å². The van der Waals surface area contributed by atoms with Gasteiger partial charge in [0.05, 0.1) is 12.6 Å². The van der Waals surface area contributed by atoms with Crippen LogP contribution >= 0.6 is 0 Å². The van der Waals surface area contributed by atoms with E-state index >= 15 is 0 Å². The lowest BCUT2D eigenvalue weighted by Crippen LogP contribution is -2.39. The van der Waals surface area contributed by atoms with Gasteiger partial charge in [-0.25, -0.2) is 0 Å². The third-order valence-electron chi connectivity index (χ3n) is 4.17. The molecule has 1 atom stereocenters. The Kier molecular flexibility index (Phi) is 6.83. The highest BCUT2D eigenvalue weighted by atomic mass is 16.5. The van der Waals surface area contributed by atoms with Gasteiger partial charge in [-0.2, -0.15) is 0 Å². The van der Waals surface area contributed by atoms with Crippen molar-refractivity contribution < 1.29 is 4.74 Å². The minimum absolute atomic E-state index is 0.283. The Morgan fingerprint density at radius 3 is 2.87 bits per heavy atom. The molecular formula is C16H30N6O. The molecule has 130 valence electrons. The van der Waals surface area contributed by atoms with Gasteiger partial charge < -0.3 is 19.9 Å². The van der Waals surface area contributed by atoms with E-state index in [9.17, 15) is 0 Å². The molecule has 1 aromatic rings. The van der Waals surface area contributed by atoms with Crippen molar-refractivity contribution in [3.63, 3.8) is 0 Å². The predicted octanol–water partition coefficient (Wildman–Crippen LogP) is 1.34. The van der Waals surface area contributed by atoms with E-state index in [1.807, 2.05) is 6.92 Å². The number of ether oxygens (including phenoxy) is 1.